The minimum absolute atomic E-state index is 0.167. The minimum Gasteiger partial charge on any atom is -0.343 e. The van der Waals surface area contributed by atoms with Gasteiger partial charge in [0.05, 0.1) is 5.33 Å². The van der Waals surface area contributed by atoms with Crippen LogP contribution in [0.3, 0.4) is 0 Å². The number of rotatable bonds is 3. The molecule has 0 saturated carbocycles. The molecule has 1 aliphatic heterocycles. The number of nitrogens with zero attached hydrogens (tertiary/aromatic N) is 2. The summed E-state index contributed by atoms with van der Waals surface area (Å²) in [5.74, 6) is 0.167. The lowest BCUT2D eigenvalue weighted by molar-refractivity contribution is -0.127. The van der Waals surface area contributed by atoms with E-state index in [1.54, 1.807) is 4.90 Å². The second kappa shape index (κ2) is 4.96. The highest BCUT2D eigenvalue weighted by Crippen LogP contribution is 2.15. The van der Waals surface area contributed by atoms with E-state index < -0.39 is 0 Å². The summed E-state index contributed by atoms with van der Waals surface area (Å²) in [6.45, 7) is 2.03. The molecule has 1 atom stereocenters. The fourth-order valence-electron chi connectivity index (χ4n) is 1.73. The highest BCUT2D eigenvalue weighted by Gasteiger charge is 2.23. The lowest BCUT2D eigenvalue weighted by Crippen LogP contribution is -2.39. The van der Waals surface area contributed by atoms with Crippen molar-refractivity contribution >= 4 is 21.8 Å². The Morgan fingerprint density at radius 1 is 1.69 bits per heavy atom. The molecule has 1 rings (SSSR count). The third kappa shape index (κ3) is 2.95. The fraction of sp³-hybridized carbons (Fsp3) is 0.889. The maximum Gasteiger partial charge on any atom is 0.233 e. The van der Waals surface area contributed by atoms with Crippen molar-refractivity contribution in [3.8, 4) is 0 Å². The molecule has 13 heavy (non-hydrogen) atoms. The highest BCUT2D eigenvalue weighted by molar-refractivity contribution is 9.09. The Labute approximate surface area is 88.2 Å². The number of carbonyl (C=O) groups is 1. The Morgan fingerprint density at radius 2 is 2.38 bits per heavy atom. The van der Waals surface area contributed by atoms with Crippen LogP contribution in [0.1, 0.15) is 12.8 Å². The molecule has 0 aromatic heterocycles. The van der Waals surface area contributed by atoms with Gasteiger partial charge < -0.3 is 9.80 Å². The number of likely N-dealkylation sites (tertiary alicyclic amines) is 1. The van der Waals surface area contributed by atoms with Crippen LogP contribution in [0.5, 0.6) is 0 Å². The van der Waals surface area contributed by atoms with Crippen molar-refractivity contribution in [2.45, 2.75) is 18.9 Å². The summed E-state index contributed by atoms with van der Waals surface area (Å²) in [5.41, 5.74) is 0. The van der Waals surface area contributed by atoms with E-state index in [2.05, 4.69) is 27.9 Å². The summed E-state index contributed by atoms with van der Waals surface area (Å²) in [4.78, 5) is 15.4. The van der Waals surface area contributed by atoms with E-state index in [1.165, 1.54) is 19.4 Å². The molecule has 4 heteroatoms. The summed E-state index contributed by atoms with van der Waals surface area (Å²) < 4.78 is 0. The number of hydrogen-bond acceptors (Lipinski definition) is 2. The quantitative estimate of drug-likeness (QED) is 0.695. The first-order valence-corrected chi connectivity index (χ1v) is 5.77. The van der Waals surface area contributed by atoms with Crippen molar-refractivity contribution in [3.63, 3.8) is 0 Å². The number of hydrogen-bond donors (Lipinski definition) is 0. The van der Waals surface area contributed by atoms with Gasteiger partial charge in [0.2, 0.25) is 5.91 Å². The summed E-state index contributed by atoms with van der Waals surface area (Å²) in [5, 5.41) is 0.430. The van der Waals surface area contributed by atoms with Crippen LogP contribution in [0.4, 0.5) is 0 Å². The first-order valence-electron chi connectivity index (χ1n) is 4.65. The molecule has 1 amide bonds. The summed E-state index contributed by atoms with van der Waals surface area (Å²) in [6, 6.07) is 0.563. The van der Waals surface area contributed by atoms with Crippen molar-refractivity contribution in [1.29, 1.82) is 0 Å². The van der Waals surface area contributed by atoms with Gasteiger partial charge >= 0.3 is 0 Å². The molecule has 0 aliphatic carbocycles. The van der Waals surface area contributed by atoms with Crippen LogP contribution in [-0.2, 0) is 4.79 Å². The zero-order chi connectivity index (χ0) is 9.84. The topological polar surface area (TPSA) is 23.6 Å². The number of alkyl halides is 1. The van der Waals surface area contributed by atoms with Crippen LogP contribution in [-0.4, -0.2) is 54.3 Å². The second-order valence-corrected chi connectivity index (χ2v) is 4.25. The van der Waals surface area contributed by atoms with Gasteiger partial charge in [-0.25, -0.2) is 0 Å². The number of likely N-dealkylation sites (N-methyl/N-ethyl adjacent to an activating group) is 2. The first kappa shape index (κ1) is 11.0. The van der Waals surface area contributed by atoms with Crippen LogP contribution < -0.4 is 0 Å². The molecule has 1 saturated heterocycles. The zero-order valence-electron chi connectivity index (χ0n) is 8.29. The van der Waals surface area contributed by atoms with Crippen LogP contribution in [0, 0.1) is 0 Å². The van der Waals surface area contributed by atoms with Crippen molar-refractivity contribution in [2.75, 3.05) is 32.5 Å². The van der Waals surface area contributed by atoms with Gasteiger partial charge in [-0.15, -0.1) is 0 Å². The lowest BCUT2D eigenvalue weighted by atomic mass is 10.2. The monoisotopic (exact) mass is 248 g/mol. The normalized spacial score (nSPS) is 23.5. The van der Waals surface area contributed by atoms with Crippen molar-refractivity contribution in [3.05, 3.63) is 0 Å². The molecular weight excluding hydrogens is 232 g/mol. The molecule has 1 fully saturated rings. The van der Waals surface area contributed by atoms with E-state index in [9.17, 15) is 4.79 Å². The second-order valence-electron chi connectivity index (χ2n) is 3.68. The average Bonchev–Trinajstić information content (AvgIpc) is 2.50. The Balaban J connectivity index is 2.34. The smallest absolute Gasteiger partial charge is 0.233 e. The van der Waals surface area contributed by atoms with E-state index in [0.717, 1.165) is 6.54 Å². The molecule has 3 nitrogen and oxygen atoms in total. The van der Waals surface area contributed by atoms with Crippen molar-refractivity contribution in [1.82, 2.24) is 9.80 Å². The minimum atomic E-state index is 0.167. The van der Waals surface area contributed by atoms with Crippen molar-refractivity contribution < 1.29 is 4.79 Å². The lowest BCUT2D eigenvalue weighted by Gasteiger charge is -2.25. The van der Waals surface area contributed by atoms with E-state index in [0.29, 0.717) is 11.4 Å². The Kier molecular flexibility index (Phi) is 4.19. The van der Waals surface area contributed by atoms with Crippen LogP contribution in [0.15, 0.2) is 0 Å². The summed E-state index contributed by atoms with van der Waals surface area (Å²) >= 11 is 3.18. The largest absolute Gasteiger partial charge is 0.343 e. The standard InChI is InChI=1S/C9H17BrN2O/c1-11-5-3-4-8(11)7-12(2)9(13)6-10/h8H,3-7H2,1-2H3. The third-order valence-corrected chi connectivity index (χ3v) is 3.18. The van der Waals surface area contributed by atoms with Gasteiger partial charge in [0.15, 0.2) is 0 Å². The van der Waals surface area contributed by atoms with Crippen LogP contribution in [0.25, 0.3) is 0 Å². The maximum atomic E-state index is 11.3. The van der Waals surface area contributed by atoms with E-state index >= 15 is 0 Å². The van der Waals surface area contributed by atoms with Gasteiger partial charge in [-0.2, -0.15) is 0 Å². The molecule has 0 aromatic carbocycles. The van der Waals surface area contributed by atoms with Crippen molar-refractivity contribution in [2.24, 2.45) is 0 Å². The molecular formula is C9H17BrN2O. The first-order chi connectivity index (χ1) is 6.15. The van der Waals surface area contributed by atoms with E-state index in [1.807, 2.05) is 7.05 Å². The highest BCUT2D eigenvalue weighted by atomic mass is 79.9. The third-order valence-electron chi connectivity index (χ3n) is 2.70. The summed E-state index contributed by atoms with van der Waals surface area (Å²) in [6.07, 6.45) is 2.48. The Bertz CT molecular complexity index is 186. The number of halogens is 1. The predicted molar refractivity (Wildman–Crippen MR) is 57.1 cm³/mol. The number of carbonyl (C=O) groups excluding carboxylic acids is 1. The molecule has 76 valence electrons. The molecule has 1 unspecified atom stereocenters. The molecule has 0 radical (unpaired) electrons. The van der Waals surface area contributed by atoms with Gasteiger partial charge in [0.25, 0.3) is 0 Å². The summed E-state index contributed by atoms with van der Waals surface area (Å²) in [7, 11) is 4.00. The molecule has 0 aromatic rings. The van der Waals surface area contributed by atoms with Gasteiger partial charge in [-0.05, 0) is 26.4 Å². The molecule has 0 bridgehead atoms. The van der Waals surface area contributed by atoms with E-state index in [-0.39, 0.29) is 5.91 Å². The fourth-order valence-corrected chi connectivity index (χ4v) is 2.16. The Hall–Kier alpha value is -0.0900. The van der Waals surface area contributed by atoms with Gasteiger partial charge in [0, 0.05) is 19.6 Å². The van der Waals surface area contributed by atoms with Gasteiger partial charge in [0.1, 0.15) is 0 Å². The van der Waals surface area contributed by atoms with Crippen LogP contribution in [0.2, 0.25) is 0 Å². The van der Waals surface area contributed by atoms with Gasteiger partial charge in [-0.3, -0.25) is 4.79 Å². The molecule has 0 spiro atoms. The van der Waals surface area contributed by atoms with Crippen LogP contribution >= 0.6 is 15.9 Å². The predicted octanol–water partition coefficient (Wildman–Crippen LogP) is 0.934. The molecule has 1 heterocycles. The molecule has 1 aliphatic rings. The maximum absolute atomic E-state index is 11.3. The number of amides is 1. The average molecular weight is 249 g/mol. The molecule has 0 N–H and O–H groups in total. The zero-order valence-corrected chi connectivity index (χ0v) is 9.88. The van der Waals surface area contributed by atoms with Gasteiger partial charge in [-0.1, -0.05) is 15.9 Å². The van der Waals surface area contributed by atoms with E-state index in [4.69, 9.17) is 0 Å². The SMILES string of the molecule is CN(CC1CCCN1C)C(=O)CBr. The Morgan fingerprint density at radius 3 is 2.85 bits per heavy atom.